The number of ether oxygens (including phenoxy) is 1. The number of carbonyl (C=O) groups excluding carboxylic acids is 1. The Hall–Kier alpha value is -1.30. The summed E-state index contributed by atoms with van der Waals surface area (Å²) in [6.07, 6.45) is 4.05. The summed E-state index contributed by atoms with van der Waals surface area (Å²) >= 11 is 0. The van der Waals surface area contributed by atoms with Crippen molar-refractivity contribution in [1.29, 1.82) is 5.26 Å². The number of hydrogen-bond donors (Lipinski definition) is 0. The molecule has 1 saturated carbocycles. The van der Waals surface area contributed by atoms with Crippen molar-refractivity contribution in [3.63, 3.8) is 0 Å². The molecule has 0 aliphatic heterocycles. The van der Waals surface area contributed by atoms with Gasteiger partial charge in [-0.15, -0.1) is 6.58 Å². The van der Waals surface area contributed by atoms with Gasteiger partial charge in [0.05, 0.1) is 12.7 Å². The van der Waals surface area contributed by atoms with E-state index in [1.165, 1.54) is 0 Å². The van der Waals surface area contributed by atoms with Crippen molar-refractivity contribution in [2.45, 2.75) is 26.2 Å². The second-order valence-corrected chi connectivity index (χ2v) is 3.54. The molecule has 1 aliphatic carbocycles. The Morgan fingerprint density at radius 1 is 1.86 bits per heavy atom. The van der Waals surface area contributed by atoms with E-state index in [1.807, 2.05) is 0 Å². The summed E-state index contributed by atoms with van der Waals surface area (Å²) < 4.78 is 4.94. The fourth-order valence-electron chi connectivity index (χ4n) is 2.05. The summed E-state index contributed by atoms with van der Waals surface area (Å²) in [6.45, 7) is 5.75. The molecule has 0 aromatic rings. The molecule has 0 N–H and O–H groups in total. The maximum atomic E-state index is 11.7. The van der Waals surface area contributed by atoms with E-state index < -0.39 is 5.41 Å². The molecule has 0 spiro atoms. The van der Waals surface area contributed by atoms with Crippen LogP contribution in [-0.2, 0) is 9.53 Å². The zero-order valence-corrected chi connectivity index (χ0v) is 8.45. The van der Waals surface area contributed by atoms with E-state index >= 15 is 0 Å². The van der Waals surface area contributed by atoms with E-state index in [0.29, 0.717) is 13.0 Å². The highest BCUT2D eigenvalue weighted by atomic mass is 16.5. The minimum atomic E-state index is -0.961. The van der Waals surface area contributed by atoms with Crippen LogP contribution in [0.2, 0.25) is 0 Å². The van der Waals surface area contributed by atoms with Crippen LogP contribution in [0.5, 0.6) is 0 Å². The first-order chi connectivity index (χ1) is 6.71. The van der Waals surface area contributed by atoms with Crippen LogP contribution in [0.15, 0.2) is 12.7 Å². The van der Waals surface area contributed by atoms with E-state index in [9.17, 15) is 4.79 Å². The Morgan fingerprint density at radius 3 is 3.07 bits per heavy atom. The van der Waals surface area contributed by atoms with Crippen LogP contribution < -0.4 is 0 Å². The molecule has 0 heterocycles. The van der Waals surface area contributed by atoms with Crippen molar-refractivity contribution in [1.82, 2.24) is 0 Å². The molecule has 76 valence electrons. The molecule has 0 radical (unpaired) electrons. The molecule has 0 aromatic heterocycles. The van der Waals surface area contributed by atoms with Crippen LogP contribution in [0, 0.1) is 22.7 Å². The van der Waals surface area contributed by atoms with Gasteiger partial charge in [-0.05, 0) is 19.8 Å². The van der Waals surface area contributed by atoms with Gasteiger partial charge in [0.2, 0.25) is 0 Å². The Labute approximate surface area is 84.4 Å². The third kappa shape index (κ3) is 1.52. The number of carbonyl (C=O) groups is 1. The third-order valence-corrected chi connectivity index (χ3v) is 2.84. The number of esters is 1. The summed E-state index contributed by atoms with van der Waals surface area (Å²) in [4.78, 5) is 11.7. The standard InChI is InChI=1S/C11H15NO2/c1-3-9-6-5-7-11(9,8-12)10(13)14-4-2/h3,9H,1,4-7H2,2H3. The Balaban J connectivity index is 2.91. The highest BCUT2D eigenvalue weighted by Gasteiger charge is 2.49. The zero-order valence-electron chi connectivity index (χ0n) is 8.45. The largest absolute Gasteiger partial charge is 0.465 e. The fraction of sp³-hybridized carbons (Fsp3) is 0.636. The molecule has 2 unspecified atom stereocenters. The topological polar surface area (TPSA) is 50.1 Å². The first-order valence-electron chi connectivity index (χ1n) is 4.92. The van der Waals surface area contributed by atoms with Gasteiger partial charge in [-0.25, -0.2) is 0 Å². The Morgan fingerprint density at radius 2 is 2.57 bits per heavy atom. The van der Waals surface area contributed by atoms with E-state index in [4.69, 9.17) is 10.00 Å². The van der Waals surface area contributed by atoms with Gasteiger partial charge >= 0.3 is 5.97 Å². The Kier molecular flexibility index (Phi) is 3.29. The number of nitrogens with zero attached hydrogens (tertiary/aromatic N) is 1. The van der Waals surface area contributed by atoms with Crippen molar-refractivity contribution in [3.8, 4) is 6.07 Å². The van der Waals surface area contributed by atoms with Crippen LogP contribution in [0.1, 0.15) is 26.2 Å². The van der Waals surface area contributed by atoms with Gasteiger partial charge in [-0.3, -0.25) is 4.79 Å². The van der Waals surface area contributed by atoms with E-state index in [2.05, 4.69) is 12.6 Å². The van der Waals surface area contributed by atoms with Crippen LogP contribution in [0.3, 0.4) is 0 Å². The summed E-state index contributed by atoms with van der Waals surface area (Å²) in [5.74, 6) is -0.434. The lowest BCUT2D eigenvalue weighted by Gasteiger charge is -2.23. The van der Waals surface area contributed by atoms with Crippen molar-refractivity contribution >= 4 is 5.97 Å². The molecule has 1 aliphatic rings. The molecule has 0 amide bonds. The minimum absolute atomic E-state index is 0.0495. The molecule has 1 rings (SSSR count). The lowest BCUT2D eigenvalue weighted by Crippen LogP contribution is -2.34. The highest BCUT2D eigenvalue weighted by molar-refractivity contribution is 5.81. The van der Waals surface area contributed by atoms with Gasteiger partial charge < -0.3 is 4.74 Å². The van der Waals surface area contributed by atoms with Crippen molar-refractivity contribution in [2.75, 3.05) is 6.61 Å². The predicted octanol–water partition coefficient (Wildman–Crippen LogP) is 2.05. The van der Waals surface area contributed by atoms with Gasteiger partial charge in [0.25, 0.3) is 0 Å². The molecule has 14 heavy (non-hydrogen) atoms. The first-order valence-corrected chi connectivity index (χ1v) is 4.92. The molecule has 0 bridgehead atoms. The highest BCUT2D eigenvalue weighted by Crippen LogP contribution is 2.44. The predicted molar refractivity (Wildman–Crippen MR) is 52.2 cm³/mol. The third-order valence-electron chi connectivity index (χ3n) is 2.84. The van der Waals surface area contributed by atoms with Crippen molar-refractivity contribution in [2.24, 2.45) is 11.3 Å². The quantitative estimate of drug-likeness (QED) is 0.509. The van der Waals surface area contributed by atoms with Crippen molar-refractivity contribution < 1.29 is 9.53 Å². The normalized spacial score (nSPS) is 30.7. The number of hydrogen-bond acceptors (Lipinski definition) is 3. The van der Waals surface area contributed by atoms with E-state index in [1.54, 1.807) is 13.0 Å². The molecule has 1 fully saturated rings. The van der Waals surface area contributed by atoms with Gasteiger partial charge in [0, 0.05) is 5.92 Å². The second-order valence-electron chi connectivity index (χ2n) is 3.54. The lowest BCUT2D eigenvalue weighted by atomic mass is 9.79. The van der Waals surface area contributed by atoms with Gasteiger partial charge in [-0.2, -0.15) is 5.26 Å². The summed E-state index contributed by atoms with van der Waals surface area (Å²) in [5.41, 5.74) is -0.961. The summed E-state index contributed by atoms with van der Waals surface area (Å²) in [7, 11) is 0. The lowest BCUT2D eigenvalue weighted by molar-refractivity contribution is -0.153. The molecular formula is C11H15NO2. The number of rotatable bonds is 3. The molecule has 0 aromatic carbocycles. The number of nitriles is 1. The average molecular weight is 193 g/mol. The first kappa shape index (κ1) is 10.8. The van der Waals surface area contributed by atoms with Gasteiger partial charge in [0.15, 0.2) is 5.41 Å². The van der Waals surface area contributed by atoms with Crippen molar-refractivity contribution in [3.05, 3.63) is 12.7 Å². The van der Waals surface area contributed by atoms with Crippen LogP contribution in [-0.4, -0.2) is 12.6 Å². The summed E-state index contributed by atoms with van der Waals surface area (Å²) in [5, 5.41) is 9.12. The molecule has 0 saturated heterocycles. The molecule has 3 nitrogen and oxygen atoms in total. The van der Waals surface area contributed by atoms with Crippen LogP contribution in [0.25, 0.3) is 0 Å². The molecule has 2 atom stereocenters. The van der Waals surface area contributed by atoms with Crippen LogP contribution >= 0.6 is 0 Å². The Bertz CT molecular complexity index is 280. The minimum Gasteiger partial charge on any atom is -0.465 e. The molecular weight excluding hydrogens is 178 g/mol. The monoisotopic (exact) mass is 193 g/mol. The summed E-state index contributed by atoms with van der Waals surface area (Å²) in [6, 6.07) is 2.12. The SMILES string of the molecule is C=CC1CCCC1(C#N)C(=O)OCC. The maximum absolute atomic E-state index is 11.7. The second kappa shape index (κ2) is 4.28. The maximum Gasteiger partial charge on any atom is 0.327 e. The molecule has 3 heteroatoms. The fourth-order valence-corrected chi connectivity index (χ4v) is 2.05. The van der Waals surface area contributed by atoms with E-state index in [-0.39, 0.29) is 11.9 Å². The van der Waals surface area contributed by atoms with Crippen LogP contribution in [0.4, 0.5) is 0 Å². The average Bonchev–Trinajstić information content (AvgIpc) is 2.61. The zero-order chi connectivity index (χ0) is 10.6. The number of allylic oxidation sites excluding steroid dienone is 1. The smallest absolute Gasteiger partial charge is 0.327 e. The van der Waals surface area contributed by atoms with E-state index in [0.717, 1.165) is 12.8 Å². The van der Waals surface area contributed by atoms with Gasteiger partial charge in [-0.1, -0.05) is 12.5 Å². The van der Waals surface area contributed by atoms with Gasteiger partial charge in [0.1, 0.15) is 0 Å².